The van der Waals surface area contributed by atoms with Gasteiger partial charge in [-0.15, -0.1) is 11.3 Å². The minimum Gasteiger partial charge on any atom is -0.384 e. The Hall–Kier alpha value is -1.85. The minimum absolute atomic E-state index is 0.305. The average Bonchev–Trinajstić information content (AvgIpc) is 3.12. The molecule has 0 aliphatic heterocycles. The van der Waals surface area contributed by atoms with Crippen molar-refractivity contribution >= 4 is 17.3 Å². The van der Waals surface area contributed by atoms with Crippen molar-refractivity contribution in [3.05, 3.63) is 58.3 Å². The van der Waals surface area contributed by atoms with Crippen LogP contribution in [0.4, 0.5) is 0 Å². The summed E-state index contributed by atoms with van der Waals surface area (Å²) < 4.78 is 0. The van der Waals surface area contributed by atoms with Gasteiger partial charge in [-0.05, 0) is 30.9 Å². The van der Waals surface area contributed by atoms with E-state index in [9.17, 15) is 5.11 Å². The van der Waals surface area contributed by atoms with Gasteiger partial charge in [0.2, 0.25) is 0 Å². The van der Waals surface area contributed by atoms with Gasteiger partial charge in [0.15, 0.2) is 5.96 Å². The molecule has 24 heavy (non-hydrogen) atoms. The molecular formula is C19H27N3OS. The molecule has 2 rings (SSSR count). The first-order valence-electron chi connectivity index (χ1n) is 8.36. The molecule has 0 bridgehead atoms. The van der Waals surface area contributed by atoms with Gasteiger partial charge in [-0.3, -0.25) is 0 Å². The second kappa shape index (κ2) is 8.85. The zero-order chi connectivity index (χ0) is 17.4. The summed E-state index contributed by atoms with van der Waals surface area (Å²) >= 11 is 1.77. The quantitative estimate of drug-likeness (QED) is 0.533. The van der Waals surface area contributed by atoms with Crippen molar-refractivity contribution in [1.82, 2.24) is 10.6 Å². The highest BCUT2D eigenvalue weighted by Crippen LogP contribution is 2.21. The number of nitrogens with zero attached hydrogens (tertiary/aromatic N) is 1. The SMILES string of the molecule is CCNC(=NCC(C)(O)c1ccccc1)NCC(C)c1cccs1. The molecule has 0 fully saturated rings. The molecule has 0 spiro atoms. The molecule has 5 heteroatoms. The fourth-order valence-electron chi connectivity index (χ4n) is 2.39. The smallest absolute Gasteiger partial charge is 0.191 e. The number of guanidine groups is 1. The number of hydrogen-bond acceptors (Lipinski definition) is 3. The lowest BCUT2D eigenvalue weighted by Gasteiger charge is -2.23. The average molecular weight is 346 g/mol. The molecule has 2 unspecified atom stereocenters. The van der Waals surface area contributed by atoms with Crippen molar-refractivity contribution < 1.29 is 5.11 Å². The van der Waals surface area contributed by atoms with E-state index < -0.39 is 5.60 Å². The van der Waals surface area contributed by atoms with Gasteiger partial charge in [0.1, 0.15) is 5.60 Å². The molecular weight excluding hydrogens is 318 g/mol. The molecule has 1 aromatic heterocycles. The van der Waals surface area contributed by atoms with E-state index in [2.05, 4.69) is 40.1 Å². The van der Waals surface area contributed by atoms with E-state index in [1.807, 2.05) is 37.3 Å². The summed E-state index contributed by atoms with van der Waals surface area (Å²) in [6, 6.07) is 13.9. The Morgan fingerprint density at radius 1 is 1.21 bits per heavy atom. The molecule has 1 heterocycles. The second-order valence-electron chi connectivity index (χ2n) is 6.13. The van der Waals surface area contributed by atoms with Gasteiger partial charge in [0.25, 0.3) is 0 Å². The number of nitrogens with one attached hydrogen (secondary N) is 2. The molecule has 0 amide bonds. The number of hydrogen-bond donors (Lipinski definition) is 3. The van der Waals surface area contributed by atoms with Crippen molar-refractivity contribution in [2.75, 3.05) is 19.6 Å². The van der Waals surface area contributed by atoms with Crippen LogP contribution in [0.25, 0.3) is 0 Å². The first-order chi connectivity index (χ1) is 11.5. The monoisotopic (exact) mass is 345 g/mol. The summed E-state index contributed by atoms with van der Waals surface area (Å²) in [5, 5.41) is 19.4. The van der Waals surface area contributed by atoms with Crippen LogP contribution in [0.5, 0.6) is 0 Å². The van der Waals surface area contributed by atoms with Crippen molar-refractivity contribution in [2.24, 2.45) is 4.99 Å². The lowest BCUT2D eigenvalue weighted by Crippen LogP contribution is -2.40. The third kappa shape index (κ3) is 5.35. The van der Waals surface area contributed by atoms with Gasteiger partial charge in [-0.1, -0.05) is 43.3 Å². The molecule has 0 aliphatic carbocycles. The van der Waals surface area contributed by atoms with E-state index in [1.54, 1.807) is 18.3 Å². The number of rotatable bonds is 7. The van der Waals surface area contributed by atoms with Gasteiger partial charge >= 0.3 is 0 Å². The van der Waals surface area contributed by atoms with E-state index in [0.29, 0.717) is 12.5 Å². The van der Waals surface area contributed by atoms with Gasteiger partial charge in [-0.25, -0.2) is 4.99 Å². The predicted molar refractivity (Wildman–Crippen MR) is 103 cm³/mol. The van der Waals surface area contributed by atoms with Crippen molar-refractivity contribution in [3.63, 3.8) is 0 Å². The zero-order valence-corrected chi connectivity index (χ0v) is 15.4. The molecule has 2 atom stereocenters. The first-order valence-corrected chi connectivity index (χ1v) is 9.24. The number of aliphatic hydroxyl groups is 1. The Morgan fingerprint density at radius 2 is 1.96 bits per heavy atom. The van der Waals surface area contributed by atoms with Crippen LogP contribution in [-0.4, -0.2) is 30.7 Å². The van der Waals surface area contributed by atoms with Crippen LogP contribution in [0.2, 0.25) is 0 Å². The third-order valence-corrected chi connectivity index (χ3v) is 4.99. The van der Waals surface area contributed by atoms with Gasteiger partial charge in [-0.2, -0.15) is 0 Å². The van der Waals surface area contributed by atoms with Crippen LogP contribution < -0.4 is 10.6 Å². The molecule has 4 nitrogen and oxygen atoms in total. The maximum Gasteiger partial charge on any atom is 0.191 e. The van der Waals surface area contributed by atoms with E-state index >= 15 is 0 Å². The molecule has 0 saturated carbocycles. The van der Waals surface area contributed by atoms with Gasteiger partial charge in [0.05, 0.1) is 6.54 Å². The Bertz CT molecular complexity index is 623. The summed E-state index contributed by atoms with van der Waals surface area (Å²) in [7, 11) is 0. The van der Waals surface area contributed by atoms with Crippen LogP contribution >= 0.6 is 11.3 Å². The van der Waals surface area contributed by atoms with Crippen LogP contribution in [0.3, 0.4) is 0 Å². The number of thiophene rings is 1. The van der Waals surface area contributed by atoms with E-state index in [-0.39, 0.29) is 0 Å². The maximum atomic E-state index is 10.7. The highest BCUT2D eigenvalue weighted by Gasteiger charge is 2.22. The van der Waals surface area contributed by atoms with Gasteiger partial charge < -0.3 is 15.7 Å². The fourth-order valence-corrected chi connectivity index (χ4v) is 3.17. The standard InChI is InChI=1S/C19H27N3OS/c1-4-20-18(21-13-15(2)17-11-8-12-24-17)22-14-19(3,23)16-9-6-5-7-10-16/h5-12,15,23H,4,13-14H2,1-3H3,(H2,20,21,22). The van der Waals surface area contributed by atoms with E-state index in [4.69, 9.17) is 0 Å². The molecule has 0 saturated heterocycles. The fraction of sp³-hybridized carbons (Fsp3) is 0.421. The summed E-state index contributed by atoms with van der Waals surface area (Å²) in [6.07, 6.45) is 0. The molecule has 1 aromatic carbocycles. The molecule has 0 aliphatic rings. The van der Waals surface area contributed by atoms with Crippen molar-refractivity contribution in [1.29, 1.82) is 0 Å². The highest BCUT2D eigenvalue weighted by molar-refractivity contribution is 7.10. The second-order valence-corrected chi connectivity index (χ2v) is 7.11. The Labute approximate surface area is 148 Å². The zero-order valence-electron chi connectivity index (χ0n) is 14.6. The number of benzene rings is 1. The van der Waals surface area contributed by atoms with Crippen LogP contribution in [-0.2, 0) is 5.60 Å². The van der Waals surface area contributed by atoms with Gasteiger partial charge in [0, 0.05) is 23.9 Å². The van der Waals surface area contributed by atoms with E-state index in [1.165, 1.54) is 4.88 Å². The largest absolute Gasteiger partial charge is 0.384 e. The van der Waals surface area contributed by atoms with Crippen molar-refractivity contribution in [2.45, 2.75) is 32.3 Å². The lowest BCUT2D eigenvalue weighted by atomic mass is 9.96. The Kier molecular flexibility index (Phi) is 6.82. The Balaban J connectivity index is 1.97. The molecule has 0 radical (unpaired) electrons. The molecule has 3 N–H and O–H groups in total. The van der Waals surface area contributed by atoms with Crippen LogP contribution in [0.1, 0.15) is 37.1 Å². The van der Waals surface area contributed by atoms with Crippen molar-refractivity contribution in [3.8, 4) is 0 Å². The summed E-state index contributed by atoms with van der Waals surface area (Å²) in [4.78, 5) is 5.92. The van der Waals surface area contributed by atoms with E-state index in [0.717, 1.165) is 24.6 Å². The maximum absolute atomic E-state index is 10.7. The topological polar surface area (TPSA) is 56.7 Å². The van der Waals surface area contributed by atoms with Crippen LogP contribution in [0, 0.1) is 0 Å². The summed E-state index contributed by atoms with van der Waals surface area (Å²) in [6.45, 7) is 7.92. The normalized spacial score (nSPS) is 15.6. The molecule has 2 aromatic rings. The number of aliphatic imine (C=N–C) groups is 1. The summed E-state index contributed by atoms with van der Waals surface area (Å²) in [5.74, 6) is 1.15. The third-order valence-electron chi connectivity index (χ3n) is 3.89. The minimum atomic E-state index is -0.983. The Morgan fingerprint density at radius 3 is 2.58 bits per heavy atom. The molecule has 130 valence electrons. The first kappa shape index (κ1) is 18.5. The summed E-state index contributed by atoms with van der Waals surface area (Å²) in [5.41, 5.74) is -0.111. The lowest BCUT2D eigenvalue weighted by molar-refractivity contribution is 0.0672. The highest BCUT2D eigenvalue weighted by atomic mass is 32.1. The predicted octanol–water partition coefficient (Wildman–Crippen LogP) is 3.31. The van der Waals surface area contributed by atoms with Crippen LogP contribution in [0.15, 0.2) is 52.8 Å².